The molecule has 20 heteroatoms. The van der Waals surface area contributed by atoms with E-state index in [9.17, 15) is 9.59 Å². The number of fused-ring (bicyclic) bond motifs is 4. The highest BCUT2D eigenvalue weighted by atomic mass is 16.1. The first-order valence-electron chi connectivity index (χ1n) is 24.2. The molecule has 0 amide bonds. The van der Waals surface area contributed by atoms with Crippen molar-refractivity contribution >= 4 is 55.2 Å². The zero-order chi connectivity index (χ0) is 48.9. The Morgan fingerprint density at radius 3 is 1.49 bits per heavy atom. The van der Waals surface area contributed by atoms with Crippen LogP contribution in [0, 0.1) is 13.8 Å². The monoisotopic (exact) mass is 952 g/mol. The summed E-state index contributed by atoms with van der Waals surface area (Å²) in [4.78, 5) is 50.0. The van der Waals surface area contributed by atoms with Crippen LogP contribution in [0.5, 0.6) is 0 Å². The lowest BCUT2D eigenvalue weighted by molar-refractivity contribution is 0.191. The smallest absolute Gasteiger partial charge is 0.259 e. The van der Waals surface area contributed by atoms with Crippen molar-refractivity contribution in [3.8, 4) is 22.5 Å². The summed E-state index contributed by atoms with van der Waals surface area (Å²) < 4.78 is 7.65. The summed E-state index contributed by atoms with van der Waals surface area (Å²) in [5, 5.41) is 28.3. The molecule has 0 radical (unpaired) electrons. The summed E-state index contributed by atoms with van der Waals surface area (Å²) in [6.45, 7) is 11.9. The maximum atomic E-state index is 14.0. The van der Waals surface area contributed by atoms with Gasteiger partial charge in [-0.05, 0) is 100 Å². The average Bonchev–Trinajstić information content (AvgIpc) is 4.22. The van der Waals surface area contributed by atoms with Crippen molar-refractivity contribution in [3.05, 3.63) is 129 Å². The Labute approximate surface area is 407 Å². The van der Waals surface area contributed by atoms with Crippen LogP contribution >= 0.6 is 0 Å². The summed E-state index contributed by atoms with van der Waals surface area (Å²) in [7, 11) is 2.13. The Kier molecular flexibility index (Phi) is 11.9. The number of aryl methyl sites for hydroxylation is 2. The number of pyridine rings is 2. The largest absolute Gasteiger partial charge is 0.383 e. The van der Waals surface area contributed by atoms with E-state index in [0.717, 1.165) is 114 Å². The van der Waals surface area contributed by atoms with Gasteiger partial charge in [0.05, 0.1) is 47.0 Å². The first-order valence-corrected chi connectivity index (χ1v) is 24.2. The highest BCUT2D eigenvalue weighted by Crippen LogP contribution is 2.33. The van der Waals surface area contributed by atoms with Gasteiger partial charge < -0.3 is 30.4 Å². The summed E-state index contributed by atoms with van der Waals surface area (Å²) in [6, 6.07) is 16.5. The highest BCUT2D eigenvalue weighted by Gasteiger charge is 2.28. The van der Waals surface area contributed by atoms with Crippen LogP contribution in [0.4, 0.5) is 11.6 Å². The molecule has 6 N–H and O–H groups in total. The fourth-order valence-electron chi connectivity index (χ4n) is 10.7. The number of nitrogens with zero attached hydrogens (tertiary/aromatic N) is 14. The predicted octanol–water partition coefficient (Wildman–Crippen LogP) is 5.86. The van der Waals surface area contributed by atoms with E-state index in [2.05, 4.69) is 76.2 Å². The minimum atomic E-state index is 0.0609. The Balaban J connectivity index is 0.000000154. The number of nitrogens with two attached hydrogens (primary N) is 2. The molecule has 2 fully saturated rings. The summed E-state index contributed by atoms with van der Waals surface area (Å²) in [6.07, 6.45) is 13.6. The molecule has 10 aromatic rings. The van der Waals surface area contributed by atoms with Gasteiger partial charge >= 0.3 is 0 Å². The van der Waals surface area contributed by atoms with Crippen LogP contribution in [0.2, 0.25) is 0 Å². The molecule has 0 atom stereocenters. The third-order valence-corrected chi connectivity index (χ3v) is 14.4. The molecule has 0 aliphatic carbocycles. The fraction of sp³-hybridized carbons (Fsp3) is 0.333. The Bertz CT molecular complexity index is 3680. The minimum Gasteiger partial charge on any atom is -0.383 e. The molecule has 2 saturated heterocycles. The van der Waals surface area contributed by atoms with Crippen LogP contribution in [0.25, 0.3) is 66.1 Å². The van der Waals surface area contributed by atoms with Crippen LogP contribution in [0.1, 0.15) is 67.2 Å². The van der Waals surface area contributed by atoms with Gasteiger partial charge in [0, 0.05) is 60.1 Å². The number of hydrogen-bond donors (Lipinski definition) is 4. The number of hydrogen-bond acceptors (Lipinski definition) is 14. The number of H-pyrrole nitrogens is 2. The standard InChI is InChI=1S/C26H29N9O.C25H27N9O/c1-3-33-9-7-19(8-10-33)35-20(11-17-6-4-5-16(2)21(17)26(35)36)14-34-25-22(24(27)28-15-29-25)23(32-34)18-12-30-31-13-18;1-15-4-3-5-16-10-19(34(25(35)20(15)16)18-6-8-32(2)9-7-18)13-33-24-21(23(26)27-14-28-24)22(31-33)17-11-29-30-12-17/h4-6,11-13,15,19H,3,7-10,14H2,1-2H3,(H,30,31)(H2,27,28,29);3-5,10-12,14,18H,6-9,13H2,1-2H3,(H,29,30)(H2,26,27,28). The zero-order valence-corrected chi connectivity index (χ0v) is 40.2. The lowest BCUT2D eigenvalue weighted by Gasteiger charge is -2.33. The summed E-state index contributed by atoms with van der Waals surface area (Å²) >= 11 is 0. The van der Waals surface area contributed by atoms with Crippen molar-refractivity contribution in [1.29, 1.82) is 0 Å². The van der Waals surface area contributed by atoms with Crippen molar-refractivity contribution in [2.75, 3.05) is 51.2 Å². The van der Waals surface area contributed by atoms with Gasteiger partial charge in [0.25, 0.3) is 11.1 Å². The molecule has 0 saturated carbocycles. The molecule has 12 rings (SSSR count). The Morgan fingerprint density at radius 1 is 0.620 bits per heavy atom. The number of rotatable bonds is 9. The molecule has 0 spiro atoms. The van der Waals surface area contributed by atoms with Crippen LogP contribution in [-0.2, 0) is 13.1 Å². The quantitative estimate of drug-likeness (QED) is 0.132. The number of benzene rings is 2. The van der Waals surface area contributed by atoms with E-state index in [0.29, 0.717) is 58.2 Å². The first-order chi connectivity index (χ1) is 34.6. The van der Waals surface area contributed by atoms with Crippen molar-refractivity contribution in [1.82, 2.24) is 78.8 Å². The Morgan fingerprint density at radius 2 is 1.07 bits per heavy atom. The Hall–Kier alpha value is -8.10. The topological polar surface area (TPSA) is 247 Å². The lowest BCUT2D eigenvalue weighted by Crippen LogP contribution is -2.38. The van der Waals surface area contributed by atoms with E-state index >= 15 is 0 Å². The third-order valence-electron chi connectivity index (χ3n) is 14.4. The predicted molar refractivity (Wildman–Crippen MR) is 275 cm³/mol. The van der Waals surface area contributed by atoms with Crippen molar-refractivity contribution in [2.24, 2.45) is 0 Å². The van der Waals surface area contributed by atoms with Crippen molar-refractivity contribution in [2.45, 2.75) is 71.6 Å². The van der Waals surface area contributed by atoms with Gasteiger partial charge in [-0.2, -0.15) is 20.4 Å². The van der Waals surface area contributed by atoms with E-state index in [1.54, 1.807) is 24.8 Å². The van der Waals surface area contributed by atoms with Gasteiger partial charge in [-0.3, -0.25) is 19.8 Å². The third kappa shape index (κ3) is 8.27. The average molecular weight is 953 g/mol. The molecule has 8 aromatic heterocycles. The zero-order valence-electron chi connectivity index (χ0n) is 40.2. The van der Waals surface area contributed by atoms with Crippen LogP contribution < -0.4 is 22.6 Å². The lowest BCUT2D eigenvalue weighted by atomic mass is 10.0. The number of piperidine rings is 2. The molecule has 20 nitrogen and oxygen atoms in total. The number of nitrogen functional groups attached to an aromatic ring is 2. The van der Waals surface area contributed by atoms with E-state index in [1.165, 1.54) is 12.7 Å². The van der Waals surface area contributed by atoms with Gasteiger partial charge in [0.1, 0.15) is 35.7 Å². The van der Waals surface area contributed by atoms with Crippen LogP contribution in [0.15, 0.2) is 95.6 Å². The molecule has 2 aromatic carbocycles. The van der Waals surface area contributed by atoms with Crippen LogP contribution in [0.3, 0.4) is 0 Å². The molecule has 71 heavy (non-hydrogen) atoms. The maximum Gasteiger partial charge on any atom is 0.259 e. The van der Waals surface area contributed by atoms with Gasteiger partial charge in [-0.1, -0.05) is 43.3 Å². The summed E-state index contributed by atoms with van der Waals surface area (Å²) in [5.74, 6) is 0.722. The van der Waals surface area contributed by atoms with E-state index in [4.69, 9.17) is 21.7 Å². The van der Waals surface area contributed by atoms with Crippen molar-refractivity contribution in [3.63, 3.8) is 0 Å². The van der Waals surface area contributed by atoms with Crippen LogP contribution in [-0.4, -0.2) is 119 Å². The number of nitrogens with one attached hydrogen (secondary N) is 2. The second-order valence-corrected chi connectivity index (χ2v) is 18.8. The molecule has 2 aliphatic heterocycles. The van der Waals surface area contributed by atoms with Gasteiger partial charge in [0.15, 0.2) is 11.3 Å². The SMILES string of the molecule is CCN1CCC(n2c(Cn3nc(-c4cn[nH]c4)c4c(N)ncnc43)cc3cccc(C)c3c2=O)CC1.Cc1cccc2cc(Cn3nc(-c4cn[nH]c4)c4c(N)ncnc43)n(C3CCN(C)CC3)c(=O)c12. The second kappa shape index (κ2) is 18.7. The second-order valence-electron chi connectivity index (χ2n) is 18.8. The van der Waals surface area contributed by atoms with Gasteiger partial charge in [-0.25, -0.2) is 29.3 Å². The minimum absolute atomic E-state index is 0.0609. The van der Waals surface area contributed by atoms with E-state index in [1.807, 2.05) is 68.7 Å². The first kappa shape index (κ1) is 45.3. The molecule has 2 aliphatic rings. The highest BCUT2D eigenvalue weighted by molar-refractivity contribution is 5.99. The van der Waals surface area contributed by atoms with Crippen molar-refractivity contribution < 1.29 is 0 Å². The van der Waals surface area contributed by atoms with Gasteiger partial charge in [0.2, 0.25) is 0 Å². The number of likely N-dealkylation sites (tertiary alicyclic amines) is 2. The maximum absolute atomic E-state index is 14.0. The molecule has 362 valence electrons. The molecular formula is C51H56N18O2. The molecule has 10 heterocycles. The normalized spacial score (nSPS) is 15.3. The molecule has 0 unspecified atom stereocenters. The fourth-order valence-corrected chi connectivity index (χ4v) is 10.7. The molecule has 0 bridgehead atoms. The van der Waals surface area contributed by atoms with E-state index in [-0.39, 0.29) is 23.2 Å². The number of aromatic amines is 2. The van der Waals surface area contributed by atoms with E-state index < -0.39 is 0 Å². The van der Waals surface area contributed by atoms with Gasteiger partial charge in [-0.15, -0.1) is 0 Å². The summed E-state index contributed by atoms with van der Waals surface area (Å²) in [5.41, 5.74) is 20.6. The number of aromatic nitrogens is 14. The molecular weight excluding hydrogens is 897 g/mol. The number of anilines is 2.